The third kappa shape index (κ3) is 2.82. The van der Waals surface area contributed by atoms with Gasteiger partial charge in [0.1, 0.15) is 5.82 Å². The molecule has 0 radical (unpaired) electrons. The summed E-state index contributed by atoms with van der Waals surface area (Å²) >= 11 is 0. The standard InChI is InChI=1S/C13H18N2O2/c1-15(2)12-4-3-11(9-14-12)13(16)10-5-7-17-8-6-10/h3-4,9-10H,5-8H2,1-2H3. The third-order valence-corrected chi connectivity index (χ3v) is 3.08. The number of rotatable bonds is 3. The van der Waals surface area contributed by atoms with E-state index in [1.54, 1.807) is 6.20 Å². The average Bonchev–Trinajstić information content (AvgIpc) is 2.39. The Labute approximate surface area is 102 Å². The molecule has 2 heterocycles. The van der Waals surface area contributed by atoms with Crippen LogP contribution in [0.1, 0.15) is 23.2 Å². The van der Waals surface area contributed by atoms with Crippen LogP contribution in [0.4, 0.5) is 5.82 Å². The zero-order chi connectivity index (χ0) is 12.3. The van der Waals surface area contributed by atoms with Gasteiger partial charge in [-0.3, -0.25) is 4.79 Å². The van der Waals surface area contributed by atoms with E-state index in [0.29, 0.717) is 18.8 Å². The fourth-order valence-corrected chi connectivity index (χ4v) is 1.99. The van der Waals surface area contributed by atoms with Crippen molar-refractivity contribution in [3.05, 3.63) is 23.9 Å². The largest absolute Gasteiger partial charge is 0.381 e. The predicted molar refractivity (Wildman–Crippen MR) is 66.4 cm³/mol. The molecule has 92 valence electrons. The van der Waals surface area contributed by atoms with Crippen LogP contribution in [0.25, 0.3) is 0 Å². The number of anilines is 1. The second kappa shape index (κ2) is 5.27. The summed E-state index contributed by atoms with van der Waals surface area (Å²) in [5, 5.41) is 0. The molecule has 0 N–H and O–H groups in total. The van der Waals surface area contributed by atoms with E-state index in [9.17, 15) is 4.79 Å². The van der Waals surface area contributed by atoms with E-state index in [4.69, 9.17) is 4.74 Å². The summed E-state index contributed by atoms with van der Waals surface area (Å²) in [6, 6.07) is 3.74. The summed E-state index contributed by atoms with van der Waals surface area (Å²) in [4.78, 5) is 18.4. The monoisotopic (exact) mass is 234 g/mol. The SMILES string of the molecule is CN(C)c1ccc(C(=O)C2CCOCC2)cn1. The van der Waals surface area contributed by atoms with Gasteiger partial charge in [0.25, 0.3) is 0 Å². The Morgan fingerprint density at radius 1 is 1.35 bits per heavy atom. The maximum Gasteiger partial charge on any atom is 0.167 e. The van der Waals surface area contributed by atoms with Gasteiger partial charge in [-0.25, -0.2) is 4.98 Å². The van der Waals surface area contributed by atoms with Gasteiger partial charge in [-0.1, -0.05) is 0 Å². The highest BCUT2D eigenvalue weighted by Gasteiger charge is 2.22. The van der Waals surface area contributed by atoms with Gasteiger partial charge in [0.15, 0.2) is 5.78 Å². The Kier molecular flexibility index (Phi) is 3.74. The Hall–Kier alpha value is -1.42. The lowest BCUT2D eigenvalue weighted by Crippen LogP contribution is -2.23. The normalized spacial score (nSPS) is 16.8. The van der Waals surface area contributed by atoms with Crippen LogP contribution >= 0.6 is 0 Å². The summed E-state index contributed by atoms with van der Waals surface area (Å²) in [5.74, 6) is 1.18. The smallest absolute Gasteiger partial charge is 0.167 e. The maximum absolute atomic E-state index is 12.2. The van der Waals surface area contributed by atoms with Gasteiger partial charge < -0.3 is 9.64 Å². The molecule has 1 saturated heterocycles. The van der Waals surface area contributed by atoms with Crippen molar-refractivity contribution in [2.45, 2.75) is 12.8 Å². The Morgan fingerprint density at radius 2 is 2.06 bits per heavy atom. The van der Waals surface area contributed by atoms with Crippen molar-refractivity contribution in [1.29, 1.82) is 0 Å². The molecule has 0 atom stereocenters. The quantitative estimate of drug-likeness (QED) is 0.747. The summed E-state index contributed by atoms with van der Waals surface area (Å²) < 4.78 is 5.26. The number of Topliss-reactive ketones (excluding diaryl/α,β-unsaturated/α-hetero) is 1. The molecule has 0 spiro atoms. The van der Waals surface area contributed by atoms with Crippen molar-refractivity contribution in [2.24, 2.45) is 5.92 Å². The Balaban J connectivity index is 2.08. The summed E-state index contributed by atoms with van der Waals surface area (Å²) in [7, 11) is 3.87. The first-order chi connectivity index (χ1) is 8.18. The number of nitrogens with zero attached hydrogens (tertiary/aromatic N) is 2. The first-order valence-electron chi connectivity index (χ1n) is 5.94. The van der Waals surface area contributed by atoms with Crippen LogP contribution in [-0.4, -0.2) is 38.1 Å². The van der Waals surface area contributed by atoms with Gasteiger partial charge in [-0.2, -0.15) is 0 Å². The molecular weight excluding hydrogens is 216 g/mol. The lowest BCUT2D eigenvalue weighted by molar-refractivity contribution is 0.0544. The number of pyridine rings is 1. The molecule has 1 fully saturated rings. The van der Waals surface area contributed by atoms with E-state index < -0.39 is 0 Å². The van der Waals surface area contributed by atoms with Crippen molar-refractivity contribution >= 4 is 11.6 Å². The first-order valence-corrected chi connectivity index (χ1v) is 5.94. The minimum Gasteiger partial charge on any atom is -0.381 e. The third-order valence-electron chi connectivity index (χ3n) is 3.08. The fraction of sp³-hybridized carbons (Fsp3) is 0.538. The maximum atomic E-state index is 12.2. The van der Waals surface area contributed by atoms with Crippen LogP contribution in [0.2, 0.25) is 0 Å². The number of aromatic nitrogens is 1. The molecule has 0 unspecified atom stereocenters. The fourth-order valence-electron chi connectivity index (χ4n) is 1.99. The van der Waals surface area contributed by atoms with Gasteiger partial charge in [0.2, 0.25) is 0 Å². The van der Waals surface area contributed by atoms with E-state index in [0.717, 1.165) is 18.7 Å². The van der Waals surface area contributed by atoms with Crippen molar-refractivity contribution in [3.8, 4) is 0 Å². The molecule has 4 heteroatoms. The lowest BCUT2D eigenvalue weighted by Gasteiger charge is -2.20. The molecular formula is C13H18N2O2. The van der Waals surface area contributed by atoms with Crippen molar-refractivity contribution in [2.75, 3.05) is 32.2 Å². The molecule has 4 nitrogen and oxygen atoms in total. The predicted octanol–water partition coefficient (Wildman–Crippen LogP) is 1.76. The van der Waals surface area contributed by atoms with Gasteiger partial charge in [-0.15, -0.1) is 0 Å². The van der Waals surface area contributed by atoms with Crippen LogP contribution in [0, 0.1) is 5.92 Å². The molecule has 1 aromatic rings. The minimum absolute atomic E-state index is 0.107. The van der Waals surface area contributed by atoms with E-state index in [1.165, 1.54) is 0 Å². The summed E-state index contributed by atoms with van der Waals surface area (Å²) in [6.07, 6.45) is 3.33. The molecule has 1 aliphatic rings. The molecule has 0 bridgehead atoms. The number of hydrogen-bond donors (Lipinski definition) is 0. The molecule has 1 aliphatic heterocycles. The van der Waals surface area contributed by atoms with Crippen molar-refractivity contribution < 1.29 is 9.53 Å². The molecule has 0 aliphatic carbocycles. The Morgan fingerprint density at radius 3 is 2.59 bits per heavy atom. The molecule has 2 rings (SSSR count). The molecule has 1 aromatic heterocycles. The van der Waals surface area contributed by atoms with Gasteiger partial charge in [0, 0.05) is 45.0 Å². The van der Waals surface area contributed by atoms with Crippen molar-refractivity contribution in [1.82, 2.24) is 4.98 Å². The molecule has 0 saturated carbocycles. The van der Waals surface area contributed by atoms with E-state index in [1.807, 2.05) is 31.1 Å². The highest BCUT2D eigenvalue weighted by molar-refractivity contribution is 5.97. The summed E-state index contributed by atoms with van der Waals surface area (Å²) in [5.41, 5.74) is 0.711. The highest BCUT2D eigenvalue weighted by Crippen LogP contribution is 2.20. The topological polar surface area (TPSA) is 42.4 Å². The summed E-state index contributed by atoms with van der Waals surface area (Å²) in [6.45, 7) is 1.39. The van der Waals surface area contributed by atoms with E-state index in [2.05, 4.69) is 4.98 Å². The van der Waals surface area contributed by atoms with Gasteiger partial charge in [-0.05, 0) is 25.0 Å². The highest BCUT2D eigenvalue weighted by atomic mass is 16.5. The number of hydrogen-bond acceptors (Lipinski definition) is 4. The van der Waals surface area contributed by atoms with Gasteiger partial charge >= 0.3 is 0 Å². The molecule has 0 amide bonds. The Bertz CT molecular complexity index is 381. The van der Waals surface area contributed by atoms with Crippen LogP contribution in [0.3, 0.4) is 0 Å². The lowest BCUT2D eigenvalue weighted by atomic mass is 9.92. The van der Waals surface area contributed by atoms with Crippen LogP contribution in [0.5, 0.6) is 0 Å². The zero-order valence-electron chi connectivity index (χ0n) is 10.3. The number of carbonyl (C=O) groups is 1. The number of ether oxygens (including phenoxy) is 1. The van der Waals surface area contributed by atoms with Crippen molar-refractivity contribution in [3.63, 3.8) is 0 Å². The zero-order valence-corrected chi connectivity index (χ0v) is 10.3. The first kappa shape index (κ1) is 12.0. The van der Waals surface area contributed by atoms with Gasteiger partial charge in [0.05, 0.1) is 0 Å². The average molecular weight is 234 g/mol. The van der Waals surface area contributed by atoms with Crippen LogP contribution in [0.15, 0.2) is 18.3 Å². The van der Waals surface area contributed by atoms with Crippen LogP contribution < -0.4 is 4.90 Å². The number of carbonyl (C=O) groups excluding carboxylic acids is 1. The number of ketones is 1. The molecule has 0 aromatic carbocycles. The minimum atomic E-state index is 0.107. The van der Waals surface area contributed by atoms with Crippen LogP contribution in [-0.2, 0) is 4.74 Å². The van der Waals surface area contributed by atoms with E-state index in [-0.39, 0.29) is 11.7 Å². The second-order valence-electron chi connectivity index (χ2n) is 4.55. The molecule has 17 heavy (non-hydrogen) atoms. The second-order valence-corrected chi connectivity index (χ2v) is 4.55. The van der Waals surface area contributed by atoms with E-state index >= 15 is 0 Å².